The molecule has 5 atom stereocenters. The maximum absolute atomic E-state index is 13.0. The van der Waals surface area contributed by atoms with Gasteiger partial charge >= 0.3 is 39.5 Å². The summed E-state index contributed by atoms with van der Waals surface area (Å²) in [6, 6.07) is 0. The molecular weight excluding hydrogens is 1140 g/mol. The van der Waals surface area contributed by atoms with Crippen LogP contribution >= 0.6 is 15.6 Å². The van der Waals surface area contributed by atoms with Crippen LogP contribution in [0.1, 0.15) is 343 Å². The molecule has 0 saturated carbocycles. The van der Waals surface area contributed by atoms with Gasteiger partial charge in [0.25, 0.3) is 0 Å². The van der Waals surface area contributed by atoms with Crippen molar-refractivity contribution >= 4 is 39.5 Å². The molecule has 0 bridgehead atoms. The number of phosphoric acid groups is 2. The summed E-state index contributed by atoms with van der Waals surface area (Å²) in [6.07, 6.45) is 45.9. The van der Waals surface area contributed by atoms with E-state index in [0.29, 0.717) is 25.7 Å². The predicted octanol–water partition coefficient (Wildman–Crippen LogP) is 19.0. The Morgan fingerprint density at radius 1 is 0.314 bits per heavy atom. The van der Waals surface area contributed by atoms with Crippen LogP contribution in [0.3, 0.4) is 0 Å². The van der Waals surface area contributed by atoms with E-state index in [1.807, 2.05) is 0 Å². The van der Waals surface area contributed by atoms with Gasteiger partial charge in [-0.2, -0.15) is 0 Å². The summed E-state index contributed by atoms with van der Waals surface area (Å²) < 4.78 is 68.0. The zero-order chi connectivity index (χ0) is 63.5. The highest BCUT2D eigenvalue weighted by molar-refractivity contribution is 7.47. The normalized spacial score (nSPS) is 14.2. The van der Waals surface area contributed by atoms with E-state index in [0.717, 1.165) is 109 Å². The van der Waals surface area contributed by atoms with Crippen LogP contribution in [0.4, 0.5) is 0 Å². The van der Waals surface area contributed by atoms with Gasteiger partial charge in [0, 0.05) is 25.7 Å². The largest absolute Gasteiger partial charge is 0.472 e. The van der Waals surface area contributed by atoms with E-state index >= 15 is 0 Å². The Hall–Kier alpha value is -1.94. The monoisotopic (exact) mass is 1270 g/mol. The summed E-state index contributed by atoms with van der Waals surface area (Å²) in [4.78, 5) is 72.2. The SMILES string of the molecule is CCCCCCCCCCCCCCCCC(=O)OC[C@H](COP(=O)(O)OC[C@@H](O)COP(=O)(O)OC[C@@H](COC(=O)CCCCCCCCC)OC(=O)CCCCCCCCCCC)OC(=O)CCCCCCCCCCCCCCCC(C)C. The van der Waals surface area contributed by atoms with Crippen LogP contribution in [0.15, 0.2) is 0 Å². The first-order chi connectivity index (χ1) is 41.5. The van der Waals surface area contributed by atoms with E-state index < -0.39 is 97.5 Å². The third kappa shape index (κ3) is 60.9. The lowest BCUT2D eigenvalue weighted by Crippen LogP contribution is -2.30. The Kier molecular flexibility index (Phi) is 59.2. The van der Waals surface area contributed by atoms with E-state index in [9.17, 15) is 43.2 Å². The Balaban J connectivity index is 5.19. The topological polar surface area (TPSA) is 237 Å². The average molecular weight is 1270 g/mol. The fraction of sp³-hybridized carbons (Fsp3) is 0.940. The molecule has 3 N–H and O–H groups in total. The molecule has 0 fully saturated rings. The molecule has 86 heavy (non-hydrogen) atoms. The Labute approximate surface area is 524 Å². The van der Waals surface area contributed by atoms with E-state index in [-0.39, 0.29) is 25.7 Å². The maximum atomic E-state index is 13.0. The van der Waals surface area contributed by atoms with Gasteiger partial charge in [-0.15, -0.1) is 0 Å². The van der Waals surface area contributed by atoms with Crippen molar-refractivity contribution in [3.05, 3.63) is 0 Å². The third-order valence-corrected chi connectivity index (χ3v) is 17.4. The number of hydrogen-bond acceptors (Lipinski definition) is 15. The predicted molar refractivity (Wildman–Crippen MR) is 345 cm³/mol. The minimum absolute atomic E-state index is 0.106. The smallest absolute Gasteiger partial charge is 0.462 e. The maximum Gasteiger partial charge on any atom is 0.472 e. The van der Waals surface area contributed by atoms with Crippen LogP contribution in [0.25, 0.3) is 0 Å². The van der Waals surface area contributed by atoms with E-state index in [4.69, 9.17) is 37.0 Å². The third-order valence-electron chi connectivity index (χ3n) is 15.5. The molecule has 0 rings (SSSR count). The number of phosphoric ester groups is 2. The van der Waals surface area contributed by atoms with E-state index in [2.05, 4.69) is 34.6 Å². The number of hydrogen-bond donors (Lipinski definition) is 3. The standard InChI is InChI=1S/C67H130O17P2/c1-6-9-12-15-18-20-21-22-25-28-32-36-41-46-51-65(70)78-57-63(84-67(72)53-48-43-38-33-29-26-23-24-27-31-35-39-44-49-60(4)5)59-82-86(75,76)80-55-61(68)54-79-85(73,74)81-58-62(56-77-64(69)50-45-40-34-17-14-11-8-3)83-66(71)52-47-42-37-30-19-16-13-10-7-2/h60-63,68H,6-59H2,1-5H3,(H,73,74)(H,75,76)/t61-,62+,63+/m0/s1. The number of aliphatic hydroxyl groups is 1. The van der Waals surface area contributed by atoms with Crippen LogP contribution in [-0.4, -0.2) is 96.7 Å². The number of ether oxygens (including phenoxy) is 4. The Morgan fingerprint density at radius 3 is 0.791 bits per heavy atom. The second-order valence-corrected chi connectivity index (χ2v) is 27.6. The minimum Gasteiger partial charge on any atom is -0.462 e. The Morgan fingerprint density at radius 2 is 0.535 bits per heavy atom. The van der Waals surface area contributed by atoms with Gasteiger partial charge in [0.1, 0.15) is 19.3 Å². The Bertz CT molecular complexity index is 1670. The van der Waals surface area contributed by atoms with Crippen molar-refractivity contribution in [3.63, 3.8) is 0 Å². The van der Waals surface area contributed by atoms with Crippen molar-refractivity contribution in [1.29, 1.82) is 0 Å². The quantitative estimate of drug-likeness (QED) is 0.0222. The second-order valence-electron chi connectivity index (χ2n) is 24.7. The van der Waals surface area contributed by atoms with Gasteiger partial charge in [-0.05, 0) is 31.6 Å². The number of rotatable bonds is 67. The molecule has 0 radical (unpaired) electrons. The molecule has 17 nitrogen and oxygen atoms in total. The molecule has 0 aromatic rings. The van der Waals surface area contributed by atoms with Crippen LogP contribution < -0.4 is 0 Å². The number of aliphatic hydroxyl groups excluding tert-OH is 1. The first-order valence-corrected chi connectivity index (χ1v) is 38.1. The van der Waals surface area contributed by atoms with Gasteiger partial charge in [-0.3, -0.25) is 37.3 Å². The average Bonchev–Trinajstić information content (AvgIpc) is 3.59. The van der Waals surface area contributed by atoms with Gasteiger partial charge in [-0.25, -0.2) is 9.13 Å². The van der Waals surface area contributed by atoms with Crippen LogP contribution in [0.2, 0.25) is 0 Å². The molecule has 19 heteroatoms. The highest BCUT2D eigenvalue weighted by Crippen LogP contribution is 2.45. The minimum atomic E-state index is -4.95. The zero-order valence-electron chi connectivity index (χ0n) is 55.4. The molecule has 0 spiro atoms. The van der Waals surface area contributed by atoms with Crippen molar-refractivity contribution in [2.45, 2.75) is 361 Å². The van der Waals surface area contributed by atoms with Gasteiger partial charge in [0.2, 0.25) is 0 Å². The van der Waals surface area contributed by atoms with Crippen LogP contribution in [-0.2, 0) is 65.4 Å². The van der Waals surface area contributed by atoms with E-state index in [1.54, 1.807) is 0 Å². The molecule has 0 heterocycles. The van der Waals surface area contributed by atoms with Crippen molar-refractivity contribution in [2.75, 3.05) is 39.6 Å². The molecular formula is C67H130O17P2. The lowest BCUT2D eigenvalue weighted by atomic mass is 10.0. The van der Waals surface area contributed by atoms with Crippen molar-refractivity contribution in [1.82, 2.24) is 0 Å². The zero-order valence-corrected chi connectivity index (χ0v) is 57.2. The summed E-state index contributed by atoms with van der Waals surface area (Å²) in [6.45, 7) is 7.19. The molecule has 2 unspecified atom stereocenters. The summed E-state index contributed by atoms with van der Waals surface area (Å²) in [5, 5.41) is 10.5. The molecule has 0 aromatic heterocycles. The molecule has 0 aliphatic carbocycles. The summed E-state index contributed by atoms with van der Waals surface area (Å²) in [5.74, 6) is -1.34. The molecule has 0 amide bonds. The number of carbonyl (C=O) groups is 4. The van der Waals surface area contributed by atoms with Gasteiger partial charge < -0.3 is 33.8 Å². The molecule has 0 aliphatic rings. The van der Waals surface area contributed by atoms with Gasteiger partial charge in [0.15, 0.2) is 12.2 Å². The van der Waals surface area contributed by atoms with Crippen LogP contribution in [0, 0.1) is 5.92 Å². The second kappa shape index (κ2) is 60.6. The molecule has 510 valence electrons. The molecule has 0 aliphatic heterocycles. The summed E-state index contributed by atoms with van der Waals surface area (Å²) in [5.41, 5.74) is 0. The fourth-order valence-corrected chi connectivity index (χ4v) is 11.7. The first-order valence-electron chi connectivity index (χ1n) is 35.1. The number of esters is 4. The lowest BCUT2D eigenvalue weighted by Gasteiger charge is -2.21. The molecule has 0 aromatic carbocycles. The van der Waals surface area contributed by atoms with E-state index in [1.165, 1.54) is 154 Å². The van der Waals surface area contributed by atoms with Crippen LogP contribution in [0.5, 0.6) is 0 Å². The van der Waals surface area contributed by atoms with Crippen molar-refractivity contribution in [2.24, 2.45) is 5.92 Å². The highest BCUT2D eigenvalue weighted by atomic mass is 31.2. The fourth-order valence-electron chi connectivity index (χ4n) is 10.1. The van der Waals surface area contributed by atoms with Crippen molar-refractivity contribution in [3.8, 4) is 0 Å². The number of unbranched alkanes of at least 4 members (excludes halogenated alkanes) is 39. The molecule has 0 saturated heterocycles. The number of carbonyl (C=O) groups excluding carboxylic acids is 4. The lowest BCUT2D eigenvalue weighted by molar-refractivity contribution is -0.161. The van der Waals surface area contributed by atoms with Gasteiger partial charge in [-0.1, -0.05) is 291 Å². The van der Waals surface area contributed by atoms with Crippen molar-refractivity contribution < 1.29 is 80.2 Å². The van der Waals surface area contributed by atoms with Gasteiger partial charge in [0.05, 0.1) is 26.4 Å². The summed E-state index contributed by atoms with van der Waals surface area (Å²) in [7, 11) is -9.88. The first kappa shape index (κ1) is 84.1. The summed E-state index contributed by atoms with van der Waals surface area (Å²) >= 11 is 0. The highest BCUT2D eigenvalue weighted by Gasteiger charge is 2.30.